The summed E-state index contributed by atoms with van der Waals surface area (Å²) < 4.78 is 10.4. The van der Waals surface area contributed by atoms with E-state index in [9.17, 15) is 4.79 Å². The molecule has 0 bridgehead atoms. The zero-order valence-electron chi connectivity index (χ0n) is 16.5. The highest BCUT2D eigenvalue weighted by molar-refractivity contribution is 7.80. The van der Waals surface area contributed by atoms with Gasteiger partial charge in [0.25, 0.3) is 5.91 Å². The van der Waals surface area contributed by atoms with E-state index in [0.29, 0.717) is 16.6 Å². The second-order valence-corrected chi connectivity index (χ2v) is 6.39. The van der Waals surface area contributed by atoms with Crippen LogP contribution in [0.3, 0.4) is 0 Å². The Morgan fingerprint density at radius 2 is 1.86 bits per heavy atom. The number of para-hydroxylation sites is 1. The van der Waals surface area contributed by atoms with Crippen LogP contribution in [0.4, 0.5) is 5.69 Å². The fourth-order valence-electron chi connectivity index (χ4n) is 2.64. The van der Waals surface area contributed by atoms with Crippen LogP contribution in [0.15, 0.2) is 42.5 Å². The molecule has 0 heterocycles. The minimum Gasteiger partial charge on any atom is -0.493 e. The van der Waals surface area contributed by atoms with Gasteiger partial charge in [-0.3, -0.25) is 15.6 Å². The summed E-state index contributed by atoms with van der Waals surface area (Å²) in [5, 5.41) is 3.45. The van der Waals surface area contributed by atoms with Crippen molar-refractivity contribution >= 4 is 35.0 Å². The van der Waals surface area contributed by atoms with Crippen molar-refractivity contribution in [3.8, 4) is 11.5 Å². The number of hydrogen-bond donors (Lipinski definition) is 3. The summed E-state index contributed by atoms with van der Waals surface area (Å²) in [5.41, 5.74) is 9.26. The number of thiocarbonyl (C=S) groups is 1. The number of ether oxygens (including phenoxy) is 2. The quantitative estimate of drug-likeness (QED) is 0.392. The number of anilines is 1. The van der Waals surface area contributed by atoms with Crippen LogP contribution in [0, 0.1) is 6.92 Å². The highest BCUT2D eigenvalue weighted by Crippen LogP contribution is 2.27. The Morgan fingerprint density at radius 1 is 1.11 bits per heavy atom. The number of hydrazine groups is 1. The molecule has 0 saturated carbocycles. The van der Waals surface area contributed by atoms with E-state index >= 15 is 0 Å². The summed E-state index contributed by atoms with van der Waals surface area (Å²) in [6, 6.07) is 11.5. The third kappa shape index (κ3) is 5.72. The van der Waals surface area contributed by atoms with E-state index in [1.165, 1.54) is 6.08 Å². The second kappa shape index (κ2) is 10.3. The molecule has 3 N–H and O–H groups in total. The maximum absolute atomic E-state index is 12.0. The maximum atomic E-state index is 12.0. The highest BCUT2D eigenvalue weighted by atomic mass is 32.1. The summed E-state index contributed by atoms with van der Waals surface area (Å²) in [7, 11) is 3.14. The molecule has 148 valence electrons. The molecule has 0 aromatic heterocycles. The standard InChI is InChI=1S/C21H25N3O3S/c1-5-16-8-6-7-14(2)20(16)22-21(28)24-23-19(25)12-10-15-9-11-17(26-3)18(13-15)27-4/h6-13H,5H2,1-4H3,(H,23,25)(H2,22,24,28)/b12-10+. The molecule has 2 rings (SSSR count). The monoisotopic (exact) mass is 399 g/mol. The molecule has 7 heteroatoms. The minimum atomic E-state index is -0.334. The predicted molar refractivity (Wildman–Crippen MR) is 117 cm³/mol. The van der Waals surface area contributed by atoms with Crippen LogP contribution in [-0.2, 0) is 11.2 Å². The van der Waals surface area contributed by atoms with Crippen molar-refractivity contribution < 1.29 is 14.3 Å². The van der Waals surface area contributed by atoms with Crippen LogP contribution in [0.5, 0.6) is 11.5 Å². The molecule has 2 aromatic rings. The lowest BCUT2D eigenvalue weighted by atomic mass is 10.1. The number of aryl methyl sites for hydroxylation is 2. The minimum absolute atomic E-state index is 0.317. The van der Waals surface area contributed by atoms with E-state index in [0.717, 1.165) is 28.8 Å². The normalized spacial score (nSPS) is 10.4. The van der Waals surface area contributed by atoms with Gasteiger partial charge in [-0.1, -0.05) is 31.2 Å². The molecule has 0 atom stereocenters. The van der Waals surface area contributed by atoms with E-state index in [2.05, 4.69) is 23.1 Å². The molecule has 0 aliphatic carbocycles. The Balaban J connectivity index is 1.92. The summed E-state index contributed by atoms with van der Waals surface area (Å²) in [5.74, 6) is 0.891. The van der Waals surface area contributed by atoms with Gasteiger partial charge >= 0.3 is 0 Å². The average Bonchev–Trinajstić information content (AvgIpc) is 2.71. The fourth-order valence-corrected chi connectivity index (χ4v) is 2.79. The van der Waals surface area contributed by atoms with Crippen LogP contribution >= 0.6 is 12.2 Å². The highest BCUT2D eigenvalue weighted by Gasteiger charge is 2.07. The molecule has 2 aromatic carbocycles. The smallest absolute Gasteiger partial charge is 0.262 e. The van der Waals surface area contributed by atoms with E-state index in [-0.39, 0.29) is 5.91 Å². The Bertz CT molecular complexity index is 881. The molecule has 28 heavy (non-hydrogen) atoms. The Kier molecular flexibility index (Phi) is 7.83. The van der Waals surface area contributed by atoms with Crippen molar-refractivity contribution in [2.24, 2.45) is 0 Å². The molecular formula is C21H25N3O3S. The van der Waals surface area contributed by atoms with Gasteiger partial charge < -0.3 is 14.8 Å². The van der Waals surface area contributed by atoms with Crippen molar-refractivity contribution in [1.82, 2.24) is 10.9 Å². The second-order valence-electron chi connectivity index (χ2n) is 5.98. The zero-order chi connectivity index (χ0) is 20.5. The van der Waals surface area contributed by atoms with Gasteiger partial charge in [0.05, 0.1) is 14.2 Å². The van der Waals surface area contributed by atoms with E-state index in [1.54, 1.807) is 32.4 Å². The van der Waals surface area contributed by atoms with Crippen LogP contribution < -0.4 is 25.6 Å². The average molecular weight is 400 g/mol. The molecule has 0 aliphatic heterocycles. The first-order valence-electron chi connectivity index (χ1n) is 8.84. The Morgan fingerprint density at radius 3 is 2.54 bits per heavy atom. The van der Waals surface area contributed by atoms with Gasteiger partial charge in [-0.2, -0.15) is 0 Å². The van der Waals surface area contributed by atoms with E-state index in [1.807, 2.05) is 31.2 Å². The Hall–Kier alpha value is -3.06. The number of methoxy groups -OCH3 is 2. The summed E-state index contributed by atoms with van der Waals surface area (Å²) in [6.07, 6.45) is 3.96. The van der Waals surface area contributed by atoms with Crippen LogP contribution in [0.25, 0.3) is 6.08 Å². The van der Waals surface area contributed by atoms with Crippen LogP contribution in [-0.4, -0.2) is 25.2 Å². The SMILES string of the molecule is CCc1cccc(C)c1NC(=S)NNC(=O)/C=C/c1ccc(OC)c(OC)c1. The molecule has 0 radical (unpaired) electrons. The Labute approximate surface area is 170 Å². The van der Waals surface area contributed by atoms with Crippen molar-refractivity contribution in [3.63, 3.8) is 0 Å². The molecule has 0 spiro atoms. The number of carbonyl (C=O) groups excluding carboxylic acids is 1. The summed E-state index contributed by atoms with van der Waals surface area (Å²) >= 11 is 5.27. The van der Waals surface area contributed by atoms with Crippen molar-refractivity contribution in [2.75, 3.05) is 19.5 Å². The number of benzene rings is 2. The molecule has 0 aliphatic rings. The van der Waals surface area contributed by atoms with Crippen molar-refractivity contribution in [1.29, 1.82) is 0 Å². The molecule has 0 saturated heterocycles. The first-order valence-corrected chi connectivity index (χ1v) is 9.24. The van der Waals surface area contributed by atoms with Gasteiger partial charge in [0.15, 0.2) is 16.6 Å². The first kappa shape index (κ1) is 21.2. The largest absolute Gasteiger partial charge is 0.493 e. The summed E-state index contributed by atoms with van der Waals surface area (Å²) in [4.78, 5) is 12.0. The van der Waals surface area contributed by atoms with Crippen LogP contribution in [0.1, 0.15) is 23.6 Å². The van der Waals surface area contributed by atoms with E-state index < -0.39 is 0 Å². The third-order valence-corrected chi connectivity index (χ3v) is 4.32. The number of nitrogens with one attached hydrogen (secondary N) is 3. The topological polar surface area (TPSA) is 71.6 Å². The number of hydrogen-bond acceptors (Lipinski definition) is 4. The van der Waals surface area contributed by atoms with Gasteiger partial charge in [0.2, 0.25) is 0 Å². The molecule has 1 amide bonds. The lowest BCUT2D eigenvalue weighted by Crippen LogP contribution is -2.43. The fraction of sp³-hybridized carbons (Fsp3) is 0.238. The molecular weight excluding hydrogens is 374 g/mol. The summed E-state index contributed by atoms with van der Waals surface area (Å²) in [6.45, 7) is 4.09. The van der Waals surface area contributed by atoms with Crippen molar-refractivity contribution in [3.05, 3.63) is 59.2 Å². The zero-order valence-corrected chi connectivity index (χ0v) is 17.3. The van der Waals surface area contributed by atoms with Crippen LogP contribution in [0.2, 0.25) is 0 Å². The third-order valence-electron chi connectivity index (χ3n) is 4.11. The van der Waals surface area contributed by atoms with Gasteiger partial charge in [0, 0.05) is 11.8 Å². The van der Waals surface area contributed by atoms with E-state index in [4.69, 9.17) is 21.7 Å². The van der Waals surface area contributed by atoms with Gasteiger partial charge in [-0.05, 0) is 60.5 Å². The lowest BCUT2D eigenvalue weighted by Gasteiger charge is -2.15. The maximum Gasteiger partial charge on any atom is 0.262 e. The number of rotatable bonds is 6. The van der Waals surface area contributed by atoms with Gasteiger partial charge in [-0.15, -0.1) is 0 Å². The molecule has 0 fully saturated rings. The number of amides is 1. The van der Waals surface area contributed by atoms with Crippen molar-refractivity contribution in [2.45, 2.75) is 20.3 Å². The molecule has 0 unspecified atom stereocenters. The molecule has 6 nitrogen and oxygen atoms in total. The lowest BCUT2D eigenvalue weighted by molar-refractivity contribution is -0.116. The van der Waals surface area contributed by atoms with Gasteiger partial charge in [-0.25, -0.2) is 0 Å². The first-order chi connectivity index (χ1) is 13.5. The van der Waals surface area contributed by atoms with Gasteiger partial charge in [0.1, 0.15) is 0 Å². The predicted octanol–water partition coefficient (Wildman–Crippen LogP) is 3.61. The number of carbonyl (C=O) groups is 1.